The van der Waals surface area contributed by atoms with Crippen LogP contribution in [-0.2, 0) is 4.32 Å². The van der Waals surface area contributed by atoms with E-state index in [2.05, 4.69) is 150 Å². The van der Waals surface area contributed by atoms with Crippen LogP contribution in [0.5, 0.6) is 0 Å². The van der Waals surface area contributed by atoms with Crippen LogP contribution in [0, 0.1) is 38.4 Å². The Hall–Kier alpha value is -0.300. The van der Waals surface area contributed by atoms with Crippen molar-refractivity contribution < 1.29 is 0 Å². The molecule has 2 atom stereocenters. The van der Waals surface area contributed by atoms with Gasteiger partial charge in [-0.3, -0.25) is 0 Å². The van der Waals surface area contributed by atoms with Crippen molar-refractivity contribution in [3.63, 3.8) is 0 Å². The number of halogens is 1. The highest BCUT2D eigenvalue weighted by Crippen LogP contribution is 2.59. The summed E-state index contributed by atoms with van der Waals surface area (Å²) >= 11 is 4.32. The lowest BCUT2D eigenvalue weighted by atomic mass is 9.55. The molecule has 0 nitrogen and oxygen atoms in total. The van der Waals surface area contributed by atoms with E-state index in [1.165, 1.54) is 31.2 Å². The van der Waals surface area contributed by atoms with E-state index in [0.29, 0.717) is 10.8 Å². The van der Waals surface area contributed by atoms with E-state index in [9.17, 15) is 0 Å². The molecular weight excluding hydrogens is 488 g/mol. The van der Waals surface area contributed by atoms with Crippen LogP contribution >= 0.6 is 15.9 Å². The van der Waals surface area contributed by atoms with Gasteiger partial charge in [0.15, 0.2) is 0 Å². The number of alkyl halides is 1. The average molecular weight is 550 g/mol. The lowest BCUT2D eigenvalue weighted by molar-refractivity contribution is 0.00343. The summed E-state index contributed by atoms with van der Waals surface area (Å²) in [6.07, 6.45) is 6.16. The Morgan fingerprint density at radius 1 is 0.629 bits per heavy atom. The van der Waals surface area contributed by atoms with Crippen molar-refractivity contribution in [2.75, 3.05) is 0 Å². The number of rotatable bonds is 11. The van der Waals surface area contributed by atoms with Gasteiger partial charge in [0, 0.05) is 0 Å². The molecule has 1 rings (SSSR count). The van der Waals surface area contributed by atoms with Crippen LogP contribution in [0.1, 0.15) is 142 Å². The number of hydrogen-bond acceptors (Lipinski definition) is 0. The van der Waals surface area contributed by atoms with E-state index in [0.717, 1.165) is 12.3 Å². The molecule has 0 fully saturated rings. The van der Waals surface area contributed by atoms with Crippen molar-refractivity contribution in [2.45, 2.75) is 140 Å². The molecular formula is C34H61Br. The highest BCUT2D eigenvalue weighted by atomic mass is 79.9. The lowest BCUT2D eigenvalue weighted by Gasteiger charge is -2.52. The molecule has 0 spiro atoms. The monoisotopic (exact) mass is 548 g/mol. The van der Waals surface area contributed by atoms with Gasteiger partial charge in [0.1, 0.15) is 0 Å². The molecule has 35 heavy (non-hydrogen) atoms. The molecule has 1 aromatic rings. The number of hydrogen-bond donors (Lipinski definition) is 0. The Morgan fingerprint density at radius 3 is 1.43 bits per heavy atom. The summed E-state index contributed by atoms with van der Waals surface area (Å²) in [5.41, 5.74) is 2.83. The first-order valence-electron chi connectivity index (χ1n) is 14.2. The number of benzene rings is 1. The maximum Gasteiger partial charge on any atom is 0.0559 e. The van der Waals surface area contributed by atoms with Gasteiger partial charge in [-0.1, -0.05) is 157 Å². The summed E-state index contributed by atoms with van der Waals surface area (Å²) in [7, 11) is 0. The molecule has 0 aliphatic heterocycles. The largest absolute Gasteiger partial charge is 0.0795 e. The van der Waals surface area contributed by atoms with Gasteiger partial charge in [-0.15, -0.1) is 0 Å². The average Bonchev–Trinajstić information content (AvgIpc) is 2.69. The van der Waals surface area contributed by atoms with E-state index in [1.54, 1.807) is 0 Å². The van der Waals surface area contributed by atoms with Gasteiger partial charge in [0.25, 0.3) is 0 Å². The molecule has 0 saturated heterocycles. The van der Waals surface area contributed by atoms with E-state index in [4.69, 9.17) is 0 Å². The van der Waals surface area contributed by atoms with Crippen molar-refractivity contribution in [1.82, 2.24) is 0 Å². The van der Waals surface area contributed by atoms with Crippen LogP contribution < -0.4 is 0 Å². The standard InChI is InChI=1S/C34H61Br/c1-16-26(28(2,3)4)24-32(12,13)30(8,9)22-23-31(10,11)33(14,15)25-34(35,29(5,6)7)27-20-18-17-19-21-27/h17-21,26H,16,22-25H2,1-15H3. The predicted octanol–water partition coefficient (Wildman–Crippen LogP) is 12.1. The fourth-order valence-electron chi connectivity index (χ4n) is 5.61. The van der Waals surface area contributed by atoms with E-state index < -0.39 is 0 Å². The molecule has 1 heteroatoms. The maximum absolute atomic E-state index is 4.32. The minimum absolute atomic E-state index is 0.0716. The molecule has 0 bridgehead atoms. The SMILES string of the molecule is CCC(CC(C)(C)C(C)(C)CCC(C)(C)C(C)(C)CC(Br)(c1ccccc1)C(C)(C)C)C(C)(C)C. The Balaban J connectivity index is 3.15. The van der Waals surface area contributed by atoms with Crippen LogP contribution in [0.2, 0.25) is 0 Å². The second-order valence-corrected chi connectivity index (χ2v) is 17.7. The summed E-state index contributed by atoms with van der Waals surface area (Å²) in [4.78, 5) is 0. The van der Waals surface area contributed by atoms with Gasteiger partial charge >= 0.3 is 0 Å². The fraction of sp³-hybridized carbons (Fsp3) is 0.824. The molecule has 2 unspecified atom stereocenters. The third-order valence-electron chi connectivity index (χ3n) is 10.6. The predicted molar refractivity (Wildman–Crippen MR) is 163 cm³/mol. The van der Waals surface area contributed by atoms with Gasteiger partial charge in [0.05, 0.1) is 4.32 Å². The van der Waals surface area contributed by atoms with Gasteiger partial charge < -0.3 is 0 Å². The highest BCUT2D eigenvalue weighted by Gasteiger charge is 2.50. The maximum atomic E-state index is 4.32. The molecule has 0 heterocycles. The summed E-state index contributed by atoms with van der Waals surface area (Å²) in [5, 5.41) is 0. The van der Waals surface area contributed by atoms with Crippen molar-refractivity contribution in [1.29, 1.82) is 0 Å². The molecule has 1 aromatic carbocycles. The first-order chi connectivity index (χ1) is 15.4. The quantitative estimate of drug-likeness (QED) is 0.241. The molecule has 0 N–H and O–H groups in total. The van der Waals surface area contributed by atoms with Gasteiger partial charge in [0.2, 0.25) is 0 Å². The van der Waals surface area contributed by atoms with Gasteiger partial charge in [-0.05, 0) is 69.7 Å². The minimum Gasteiger partial charge on any atom is -0.0795 e. The molecule has 0 amide bonds. The smallest absolute Gasteiger partial charge is 0.0559 e. The molecule has 0 saturated carbocycles. The van der Waals surface area contributed by atoms with Crippen molar-refractivity contribution in [2.24, 2.45) is 38.4 Å². The van der Waals surface area contributed by atoms with Crippen molar-refractivity contribution in [3.8, 4) is 0 Å². The minimum atomic E-state index is -0.0716. The highest BCUT2D eigenvalue weighted by molar-refractivity contribution is 9.09. The zero-order valence-electron chi connectivity index (χ0n) is 26.4. The Morgan fingerprint density at radius 2 is 1.06 bits per heavy atom. The third-order valence-corrected chi connectivity index (χ3v) is 12.5. The molecule has 0 radical (unpaired) electrons. The van der Waals surface area contributed by atoms with Crippen LogP contribution in [-0.4, -0.2) is 0 Å². The Kier molecular flexibility index (Phi) is 10.1. The summed E-state index contributed by atoms with van der Waals surface area (Å²) in [6.45, 7) is 36.9. The van der Waals surface area contributed by atoms with Crippen molar-refractivity contribution >= 4 is 15.9 Å². The summed E-state index contributed by atoms with van der Waals surface area (Å²) < 4.78 is -0.0716. The summed E-state index contributed by atoms with van der Waals surface area (Å²) in [5.74, 6) is 0.757. The third kappa shape index (κ3) is 7.61. The summed E-state index contributed by atoms with van der Waals surface area (Å²) in [6, 6.07) is 11.1. The first kappa shape index (κ1) is 32.7. The molecule has 0 aliphatic rings. The Labute approximate surface area is 230 Å². The Bertz CT molecular complexity index is 782. The topological polar surface area (TPSA) is 0 Å². The van der Waals surface area contributed by atoms with Crippen LogP contribution in [0.15, 0.2) is 30.3 Å². The second kappa shape index (κ2) is 10.8. The van der Waals surface area contributed by atoms with Crippen LogP contribution in [0.4, 0.5) is 0 Å². The lowest BCUT2D eigenvalue weighted by Crippen LogP contribution is -2.44. The van der Waals surface area contributed by atoms with E-state index in [-0.39, 0.29) is 26.0 Å². The molecule has 0 aromatic heterocycles. The fourth-order valence-corrected chi connectivity index (χ4v) is 6.57. The van der Waals surface area contributed by atoms with Crippen LogP contribution in [0.3, 0.4) is 0 Å². The van der Waals surface area contributed by atoms with E-state index >= 15 is 0 Å². The van der Waals surface area contributed by atoms with Gasteiger partial charge in [-0.2, -0.15) is 0 Å². The second-order valence-electron chi connectivity index (χ2n) is 16.3. The van der Waals surface area contributed by atoms with E-state index in [1.807, 2.05) is 0 Å². The molecule has 0 aliphatic carbocycles. The van der Waals surface area contributed by atoms with Crippen molar-refractivity contribution in [3.05, 3.63) is 35.9 Å². The van der Waals surface area contributed by atoms with Crippen LogP contribution in [0.25, 0.3) is 0 Å². The normalized spacial score (nSPS) is 17.3. The zero-order chi connectivity index (χ0) is 27.7. The zero-order valence-corrected chi connectivity index (χ0v) is 28.0. The first-order valence-corrected chi connectivity index (χ1v) is 15.0. The van der Waals surface area contributed by atoms with Gasteiger partial charge in [-0.25, -0.2) is 0 Å². The molecule has 204 valence electrons.